The molecule has 1 aliphatic heterocycles. The van der Waals surface area contributed by atoms with Gasteiger partial charge in [0.05, 0.1) is 12.4 Å². The van der Waals surface area contributed by atoms with Crippen molar-refractivity contribution in [3.63, 3.8) is 0 Å². The highest BCUT2D eigenvalue weighted by Crippen LogP contribution is 2.11. The molecule has 0 radical (unpaired) electrons. The molecule has 0 aromatic carbocycles. The summed E-state index contributed by atoms with van der Waals surface area (Å²) in [7, 11) is -3.18. The van der Waals surface area contributed by atoms with Crippen LogP contribution in [0, 0.1) is 0 Å². The molecule has 1 unspecified atom stereocenters. The third kappa shape index (κ3) is 5.22. The van der Waals surface area contributed by atoms with E-state index in [9.17, 15) is 8.42 Å². The maximum atomic E-state index is 12.2. The van der Waals surface area contributed by atoms with Crippen molar-refractivity contribution in [2.75, 3.05) is 38.6 Å². The fourth-order valence-electron chi connectivity index (χ4n) is 2.19. The Morgan fingerprint density at radius 1 is 1.39 bits per heavy atom. The summed E-state index contributed by atoms with van der Waals surface area (Å²) in [6.45, 7) is 6.94. The van der Waals surface area contributed by atoms with Crippen LogP contribution in [0.15, 0.2) is 0 Å². The summed E-state index contributed by atoms with van der Waals surface area (Å²) in [6, 6.07) is 0.318. The summed E-state index contributed by atoms with van der Waals surface area (Å²) in [5.74, 6) is 0.0908. The molecule has 1 saturated heterocycles. The number of hydrogen-bond donors (Lipinski definition) is 1. The zero-order valence-corrected chi connectivity index (χ0v) is 12.3. The molecular weight excluding hydrogens is 252 g/mol. The predicted molar refractivity (Wildman–Crippen MR) is 73.2 cm³/mol. The molecule has 0 aromatic heterocycles. The van der Waals surface area contributed by atoms with E-state index >= 15 is 0 Å². The van der Waals surface area contributed by atoms with Crippen molar-refractivity contribution in [1.82, 2.24) is 9.62 Å². The summed E-state index contributed by atoms with van der Waals surface area (Å²) in [5, 5.41) is 3.35. The Morgan fingerprint density at radius 3 is 2.72 bits per heavy atom. The van der Waals surface area contributed by atoms with Gasteiger partial charge in [0.1, 0.15) is 0 Å². The molecule has 1 fully saturated rings. The molecule has 1 N–H and O–H groups in total. The van der Waals surface area contributed by atoms with Crippen LogP contribution in [0.5, 0.6) is 0 Å². The van der Waals surface area contributed by atoms with Crippen LogP contribution in [-0.4, -0.2) is 57.4 Å². The Labute approximate surface area is 111 Å². The van der Waals surface area contributed by atoms with Crippen molar-refractivity contribution >= 4 is 10.0 Å². The number of rotatable bonds is 9. The van der Waals surface area contributed by atoms with Gasteiger partial charge in [0.25, 0.3) is 0 Å². The second kappa shape index (κ2) is 8.09. The number of nitrogens with zero attached hydrogens (tertiary/aromatic N) is 1. The fraction of sp³-hybridized carbons (Fsp3) is 1.00. The summed E-state index contributed by atoms with van der Waals surface area (Å²) in [6.07, 6.45) is 3.06. The minimum absolute atomic E-state index is 0.0908. The van der Waals surface area contributed by atoms with Crippen molar-refractivity contribution in [1.29, 1.82) is 0 Å². The van der Waals surface area contributed by atoms with Gasteiger partial charge in [-0.25, -0.2) is 12.7 Å². The van der Waals surface area contributed by atoms with E-state index in [1.165, 1.54) is 0 Å². The summed E-state index contributed by atoms with van der Waals surface area (Å²) in [4.78, 5) is 0. The molecule has 0 aliphatic carbocycles. The van der Waals surface area contributed by atoms with Crippen LogP contribution in [0.4, 0.5) is 0 Å². The highest BCUT2D eigenvalue weighted by molar-refractivity contribution is 7.89. The summed E-state index contributed by atoms with van der Waals surface area (Å²) in [5.41, 5.74) is 0. The van der Waals surface area contributed by atoms with Gasteiger partial charge in [-0.2, -0.15) is 0 Å². The second-order valence-corrected chi connectivity index (χ2v) is 6.75. The first kappa shape index (κ1) is 15.9. The molecule has 0 aromatic rings. The maximum absolute atomic E-state index is 12.2. The largest absolute Gasteiger partial charge is 0.381 e. The van der Waals surface area contributed by atoms with Crippen LogP contribution >= 0.6 is 0 Å². The monoisotopic (exact) mass is 278 g/mol. The average Bonchev–Trinajstić information content (AvgIpc) is 2.81. The molecule has 5 nitrogen and oxygen atoms in total. The van der Waals surface area contributed by atoms with E-state index in [-0.39, 0.29) is 12.4 Å². The molecule has 1 rings (SSSR count). The van der Waals surface area contributed by atoms with Crippen molar-refractivity contribution < 1.29 is 13.2 Å². The standard InChI is InChI=1S/C12H26N2O3S/c1-3-8-14(11-12-6-5-7-13-12)18(15,16)10-9-17-4-2/h12-13H,3-11H2,1-2H3. The quantitative estimate of drug-likeness (QED) is 0.634. The third-order valence-electron chi connectivity index (χ3n) is 3.14. The van der Waals surface area contributed by atoms with E-state index in [4.69, 9.17) is 4.74 Å². The fourth-order valence-corrected chi connectivity index (χ4v) is 3.64. The Bertz CT molecular complexity index is 313. The van der Waals surface area contributed by atoms with E-state index in [1.54, 1.807) is 4.31 Å². The first-order valence-electron chi connectivity index (χ1n) is 6.89. The van der Waals surface area contributed by atoms with E-state index in [0.29, 0.717) is 25.7 Å². The number of nitrogens with one attached hydrogen (secondary N) is 1. The van der Waals surface area contributed by atoms with Gasteiger partial charge in [0, 0.05) is 25.7 Å². The van der Waals surface area contributed by atoms with E-state index in [2.05, 4.69) is 5.32 Å². The molecule has 0 spiro atoms. The number of ether oxygens (including phenoxy) is 1. The van der Waals surface area contributed by atoms with Crippen molar-refractivity contribution in [3.8, 4) is 0 Å². The van der Waals surface area contributed by atoms with Crippen LogP contribution in [0.2, 0.25) is 0 Å². The predicted octanol–water partition coefficient (Wildman–Crippen LogP) is 0.817. The van der Waals surface area contributed by atoms with Gasteiger partial charge in [-0.3, -0.25) is 0 Å². The highest BCUT2D eigenvalue weighted by Gasteiger charge is 2.25. The van der Waals surface area contributed by atoms with Crippen molar-refractivity contribution in [3.05, 3.63) is 0 Å². The molecular formula is C12H26N2O3S. The lowest BCUT2D eigenvalue weighted by Gasteiger charge is -2.24. The van der Waals surface area contributed by atoms with Crippen LogP contribution in [0.3, 0.4) is 0 Å². The SMILES string of the molecule is CCCN(CC1CCCN1)S(=O)(=O)CCOCC. The van der Waals surface area contributed by atoms with Gasteiger partial charge < -0.3 is 10.1 Å². The first-order valence-corrected chi connectivity index (χ1v) is 8.50. The smallest absolute Gasteiger partial charge is 0.216 e. The summed E-state index contributed by atoms with van der Waals surface area (Å²) < 4.78 is 31.2. The molecule has 1 heterocycles. The Balaban J connectivity index is 2.52. The van der Waals surface area contributed by atoms with Gasteiger partial charge in [0.15, 0.2) is 0 Å². The highest BCUT2D eigenvalue weighted by atomic mass is 32.2. The maximum Gasteiger partial charge on any atom is 0.216 e. The van der Waals surface area contributed by atoms with Crippen molar-refractivity contribution in [2.24, 2.45) is 0 Å². The van der Waals surface area contributed by atoms with E-state index in [1.807, 2.05) is 13.8 Å². The summed E-state index contributed by atoms with van der Waals surface area (Å²) >= 11 is 0. The van der Waals surface area contributed by atoms with Crippen molar-refractivity contribution in [2.45, 2.75) is 39.2 Å². The normalized spacial score (nSPS) is 20.7. The molecule has 6 heteroatoms. The van der Waals surface area contributed by atoms with Crippen LogP contribution in [-0.2, 0) is 14.8 Å². The Hall–Kier alpha value is -0.170. The van der Waals surface area contributed by atoms with Gasteiger partial charge in [0.2, 0.25) is 10.0 Å². The minimum Gasteiger partial charge on any atom is -0.381 e. The molecule has 0 saturated carbocycles. The topological polar surface area (TPSA) is 58.6 Å². The lowest BCUT2D eigenvalue weighted by atomic mass is 10.2. The second-order valence-electron chi connectivity index (χ2n) is 4.66. The Morgan fingerprint density at radius 2 is 2.17 bits per heavy atom. The van der Waals surface area contributed by atoms with Gasteiger partial charge in [-0.05, 0) is 32.7 Å². The molecule has 18 heavy (non-hydrogen) atoms. The molecule has 1 aliphatic rings. The van der Waals surface area contributed by atoms with Gasteiger partial charge in [-0.1, -0.05) is 6.92 Å². The van der Waals surface area contributed by atoms with Crippen LogP contribution in [0.25, 0.3) is 0 Å². The van der Waals surface area contributed by atoms with Gasteiger partial charge >= 0.3 is 0 Å². The molecule has 0 bridgehead atoms. The number of hydrogen-bond acceptors (Lipinski definition) is 4. The minimum atomic E-state index is -3.18. The third-order valence-corrected chi connectivity index (χ3v) is 4.94. The lowest BCUT2D eigenvalue weighted by molar-refractivity contribution is 0.162. The van der Waals surface area contributed by atoms with E-state index in [0.717, 1.165) is 25.8 Å². The first-order chi connectivity index (χ1) is 8.60. The molecule has 108 valence electrons. The lowest BCUT2D eigenvalue weighted by Crippen LogP contribution is -2.43. The van der Waals surface area contributed by atoms with Crippen LogP contribution in [0.1, 0.15) is 33.1 Å². The van der Waals surface area contributed by atoms with E-state index < -0.39 is 10.0 Å². The zero-order valence-electron chi connectivity index (χ0n) is 11.5. The molecule has 1 atom stereocenters. The molecule has 0 amide bonds. The van der Waals surface area contributed by atoms with Gasteiger partial charge in [-0.15, -0.1) is 0 Å². The average molecular weight is 278 g/mol. The van der Waals surface area contributed by atoms with Crippen LogP contribution < -0.4 is 5.32 Å². The number of sulfonamides is 1. The zero-order chi connectivity index (χ0) is 13.4. The Kier molecular flexibility index (Phi) is 7.14.